The number of amides is 2. The number of halogens is 1. The van der Waals surface area contributed by atoms with Crippen LogP contribution in [0.2, 0.25) is 5.02 Å². The molecule has 1 unspecified atom stereocenters. The van der Waals surface area contributed by atoms with Crippen LogP contribution in [0.3, 0.4) is 0 Å². The molecule has 2 atom stereocenters. The number of urea groups is 1. The first-order valence-electron chi connectivity index (χ1n) is 12.4. The second kappa shape index (κ2) is 13.7. The summed E-state index contributed by atoms with van der Waals surface area (Å²) in [5, 5.41) is 5.81. The van der Waals surface area contributed by atoms with Gasteiger partial charge in [-0.05, 0) is 47.5 Å². The maximum absolute atomic E-state index is 14.6. The molecule has 0 radical (unpaired) electrons. The molecule has 8 nitrogen and oxygen atoms in total. The second-order valence-electron chi connectivity index (χ2n) is 8.69. The van der Waals surface area contributed by atoms with Crippen molar-refractivity contribution in [1.82, 2.24) is 10.6 Å². The molecule has 0 heterocycles. The van der Waals surface area contributed by atoms with Gasteiger partial charge in [-0.3, -0.25) is 0 Å². The first-order valence-corrected chi connectivity index (χ1v) is 14.4. The number of methoxy groups -OCH3 is 1. The summed E-state index contributed by atoms with van der Waals surface area (Å²) in [5.41, 5.74) is 1.23. The number of para-hydroxylation sites is 2. The number of rotatable bonds is 11. The van der Waals surface area contributed by atoms with Gasteiger partial charge in [0.25, 0.3) is 0 Å². The molecule has 40 heavy (non-hydrogen) atoms. The Bertz CT molecular complexity index is 1390. The molecule has 0 aliphatic carbocycles. The summed E-state index contributed by atoms with van der Waals surface area (Å²) < 4.78 is 31.5. The van der Waals surface area contributed by atoms with Gasteiger partial charge >= 0.3 is 19.6 Å². The summed E-state index contributed by atoms with van der Waals surface area (Å²) in [7, 11) is -2.99. The maximum Gasteiger partial charge on any atom is 0.457 e. The summed E-state index contributed by atoms with van der Waals surface area (Å²) in [6.07, 6.45) is 0.186. The molecule has 4 aromatic carbocycles. The predicted molar refractivity (Wildman–Crippen MR) is 154 cm³/mol. The van der Waals surface area contributed by atoms with Crippen molar-refractivity contribution in [2.75, 3.05) is 7.11 Å². The zero-order valence-electron chi connectivity index (χ0n) is 21.6. The van der Waals surface area contributed by atoms with Gasteiger partial charge in [0, 0.05) is 11.4 Å². The second-order valence-corrected chi connectivity index (χ2v) is 11.1. The zero-order chi connectivity index (χ0) is 28.4. The molecule has 4 rings (SSSR count). The van der Waals surface area contributed by atoms with E-state index in [2.05, 4.69) is 10.6 Å². The van der Waals surface area contributed by atoms with Crippen molar-refractivity contribution in [3.05, 3.63) is 131 Å². The van der Waals surface area contributed by atoms with Crippen LogP contribution >= 0.6 is 19.2 Å². The molecular formula is C30H28ClN2O6P. The summed E-state index contributed by atoms with van der Waals surface area (Å²) in [6.45, 7) is 0. The molecule has 0 bridgehead atoms. The minimum Gasteiger partial charge on any atom is -0.467 e. The van der Waals surface area contributed by atoms with Crippen LogP contribution < -0.4 is 19.7 Å². The minimum absolute atomic E-state index is 0.186. The Morgan fingerprint density at radius 2 is 1.25 bits per heavy atom. The topological polar surface area (TPSA) is 103 Å². The van der Waals surface area contributed by atoms with E-state index in [4.69, 9.17) is 25.4 Å². The average molecular weight is 579 g/mol. The van der Waals surface area contributed by atoms with Crippen molar-refractivity contribution in [3.8, 4) is 11.5 Å². The highest BCUT2D eigenvalue weighted by Gasteiger charge is 2.42. The lowest BCUT2D eigenvalue weighted by atomic mass is 10.1. The Balaban J connectivity index is 1.68. The Morgan fingerprint density at radius 1 is 0.750 bits per heavy atom. The third kappa shape index (κ3) is 7.88. The van der Waals surface area contributed by atoms with E-state index >= 15 is 0 Å². The van der Waals surface area contributed by atoms with Gasteiger partial charge in [-0.15, -0.1) is 0 Å². The van der Waals surface area contributed by atoms with Crippen LogP contribution in [0.4, 0.5) is 4.79 Å². The molecule has 4 aromatic rings. The molecule has 0 spiro atoms. The van der Waals surface area contributed by atoms with Crippen LogP contribution in [0.15, 0.2) is 115 Å². The molecule has 0 saturated heterocycles. The van der Waals surface area contributed by atoms with Crippen molar-refractivity contribution in [1.29, 1.82) is 0 Å². The molecular weight excluding hydrogens is 551 g/mol. The van der Waals surface area contributed by atoms with Crippen molar-refractivity contribution < 1.29 is 27.9 Å². The van der Waals surface area contributed by atoms with Crippen LogP contribution in [0.1, 0.15) is 16.9 Å². The van der Waals surface area contributed by atoms with Gasteiger partial charge in [-0.2, -0.15) is 0 Å². The van der Waals surface area contributed by atoms with E-state index in [9.17, 15) is 14.2 Å². The molecule has 206 valence electrons. The summed E-state index contributed by atoms with van der Waals surface area (Å²) in [4.78, 5) is 25.9. The van der Waals surface area contributed by atoms with Crippen molar-refractivity contribution in [2.24, 2.45) is 0 Å². The number of hydrogen-bond donors (Lipinski definition) is 2. The maximum atomic E-state index is 14.6. The van der Waals surface area contributed by atoms with Gasteiger partial charge in [-0.25, -0.2) is 14.2 Å². The van der Waals surface area contributed by atoms with Crippen LogP contribution in [0, 0.1) is 0 Å². The van der Waals surface area contributed by atoms with Gasteiger partial charge < -0.3 is 24.4 Å². The number of hydrogen-bond acceptors (Lipinski definition) is 6. The molecule has 2 amide bonds. The average Bonchev–Trinajstić information content (AvgIpc) is 2.97. The van der Waals surface area contributed by atoms with Gasteiger partial charge in [0.15, 0.2) is 5.78 Å². The van der Waals surface area contributed by atoms with Gasteiger partial charge in [-0.1, -0.05) is 90.5 Å². The van der Waals surface area contributed by atoms with E-state index in [1.807, 2.05) is 30.3 Å². The van der Waals surface area contributed by atoms with E-state index in [0.29, 0.717) is 10.6 Å². The van der Waals surface area contributed by atoms with E-state index in [-0.39, 0.29) is 17.9 Å². The Hall–Kier alpha value is -4.26. The van der Waals surface area contributed by atoms with E-state index in [0.717, 1.165) is 5.56 Å². The summed E-state index contributed by atoms with van der Waals surface area (Å²) in [6, 6.07) is 30.8. The summed E-state index contributed by atoms with van der Waals surface area (Å²) in [5.74, 6) is -1.37. The molecule has 0 aliphatic rings. The fourth-order valence-electron chi connectivity index (χ4n) is 3.88. The van der Waals surface area contributed by atoms with Crippen molar-refractivity contribution >= 4 is 31.2 Å². The van der Waals surface area contributed by atoms with Crippen LogP contribution in [-0.2, 0) is 20.5 Å². The number of esters is 1. The van der Waals surface area contributed by atoms with Crippen LogP contribution in [0.5, 0.6) is 11.5 Å². The van der Waals surface area contributed by atoms with Crippen LogP contribution in [-0.4, -0.2) is 25.2 Å². The quantitative estimate of drug-likeness (QED) is 0.150. The fraction of sp³-hybridized carbons (Fsp3) is 0.133. The fourth-order valence-corrected chi connectivity index (χ4v) is 5.90. The van der Waals surface area contributed by atoms with Crippen LogP contribution in [0.25, 0.3) is 0 Å². The lowest BCUT2D eigenvalue weighted by Crippen LogP contribution is -2.48. The smallest absolute Gasteiger partial charge is 0.457 e. The highest BCUT2D eigenvalue weighted by atomic mass is 35.5. The Morgan fingerprint density at radius 3 is 1.75 bits per heavy atom. The summed E-state index contributed by atoms with van der Waals surface area (Å²) >= 11 is 6.11. The van der Waals surface area contributed by atoms with E-state index in [1.54, 1.807) is 84.9 Å². The highest BCUT2D eigenvalue weighted by molar-refractivity contribution is 7.55. The van der Waals surface area contributed by atoms with Gasteiger partial charge in [0.2, 0.25) is 0 Å². The predicted octanol–water partition coefficient (Wildman–Crippen LogP) is 6.77. The monoisotopic (exact) mass is 578 g/mol. The minimum atomic E-state index is -4.24. The number of benzene rings is 4. The molecule has 0 aliphatic heterocycles. The van der Waals surface area contributed by atoms with Crippen molar-refractivity contribution in [2.45, 2.75) is 18.2 Å². The Kier molecular flexibility index (Phi) is 9.84. The molecule has 2 N–H and O–H groups in total. The third-order valence-corrected chi connectivity index (χ3v) is 8.04. The zero-order valence-corrected chi connectivity index (χ0v) is 23.3. The SMILES string of the molecule is COC(=O)[C@H](Cc1ccccc1)NC(=O)NC(c1ccc(Cl)cc1)P(=O)(Oc1ccccc1)Oc1ccccc1. The molecule has 0 saturated carbocycles. The third-order valence-electron chi connectivity index (χ3n) is 5.80. The number of ether oxygens (including phenoxy) is 1. The largest absolute Gasteiger partial charge is 0.467 e. The van der Waals surface area contributed by atoms with E-state index < -0.39 is 31.4 Å². The molecule has 0 aromatic heterocycles. The van der Waals surface area contributed by atoms with Gasteiger partial charge in [0.05, 0.1) is 7.11 Å². The lowest BCUT2D eigenvalue weighted by Gasteiger charge is -2.29. The normalized spacial score (nSPS) is 12.4. The molecule has 0 fully saturated rings. The number of nitrogens with one attached hydrogen (secondary N) is 2. The first kappa shape index (κ1) is 28.7. The Labute approximate surface area is 237 Å². The molecule has 10 heteroatoms. The lowest BCUT2D eigenvalue weighted by molar-refractivity contribution is -0.142. The first-order chi connectivity index (χ1) is 19.4. The van der Waals surface area contributed by atoms with Gasteiger partial charge in [0.1, 0.15) is 17.5 Å². The highest BCUT2D eigenvalue weighted by Crippen LogP contribution is 2.59. The standard InChI is InChI=1S/C30H28ClN2O6P/c1-37-29(34)27(21-22-11-5-2-6-12-22)32-30(35)33-28(23-17-19-24(31)20-18-23)40(36,38-25-13-7-3-8-14-25)39-26-15-9-4-10-16-26/h2-20,27-28H,21H2,1H3,(H2,32,33,35)/t27-,28?/m0/s1. The number of carbonyl (C=O) groups excluding carboxylic acids is 2. The number of carbonyl (C=O) groups is 2. The van der Waals surface area contributed by atoms with E-state index in [1.165, 1.54) is 7.11 Å². The van der Waals surface area contributed by atoms with Crippen molar-refractivity contribution in [3.63, 3.8) is 0 Å².